The maximum Gasteiger partial charge on any atom is 0.408 e. The highest BCUT2D eigenvalue weighted by Gasteiger charge is 2.63. The van der Waals surface area contributed by atoms with Crippen LogP contribution in [0.25, 0.3) is 11.0 Å². The van der Waals surface area contributed by atoms with Crippen molar-refractivity contribution in [2.45, 2.75) is 134 Å². The van der Waals surface area contributed by atoms with Crippen molar-refractivity contribution in [3.8, 4) is 17.6 Å². The van der Waals surface area contributed by atoms with Gasteiger partial charge in [0, 0.05) is 23.9 Å². The lowest BCUT2D eigenvalue weighted by Gasteiger charge is -2.44. The minimum absolute atomic E-state index is 0.00241. The average molecular weight is 828 g/mol. The molecular formula is C40H57N7O10S. The largest absolute Gasteiger partial charge is 0.481 e. The summed E-state index contributed by atoms with van der Waals surface area (Å²) in [4.78, 5) is 73.0. The molecule has 0 radical (unpaired) electrons. The number of methoxy groups -OCH3 is 1. The lowest BCUT2D eigenvalue weighted by Crippen LogP contribution is -2.62. The number of hydrogen-bond acceptors (Lipinski definition) is 12. The molecule has 0 unspecified atom stereocenters. The summed E-state index contributed by atoms with van der Waals surface area (Å²) in [5, 5.41) is 13.6. The first kappa shape index (κ1) is 42.9. The number of amides is 4. The molecule has 0 aromatic carbocycles. The SMILES string of the molecule is CCOc1nc2cc(OC)ncc2nc1O[C@@H]1C[C@H]2C(=O)N[C@]3(C(=O)NS(=O)(=O)C4(C)CC4)C[C@H]3C=CCC[C@@H](C)C[C@@H](CC)[C@H](N(C(=O)O)C(C)(C)C)C(=O)N2C1. The lowest BCUT2D eigenvalue weighted by molar-refractivity contribution is -0.146. The number of nitrogens with one attached hydrogen (secondary N) is 2. The van der Waals surface area contributed by atoms with Gasteiger partial charge in [-0.05, 0) is 85.0 Å². The van der Waals surface area contributed by atoms with Crippen molar-refractivity contribution in [2.24, 2.45) is 17.8 Å². The van der Waals surface area contributed by atoms with Gasteiger partial charge in [-0.25, -0.2) is 28.2 Å². The first-order chi connectivity index (χ1) is 27.3. The zero-order chi connectivity index (χ0) is 42.4. The molecule has 2 aromatic heterocycles. The van der Waals surface area contributed by atoms with E-state index in [1.807, 2.05) is 19.1 Å². The predicted molar refractivity (Wildman–Crippen MR) is 213 cm³/mol. The molecule has 0 spiro atoms. The zero-order valence-corrected chi connectivity index (χ0v) is 35.4. The summed E-state index contributed by atoms with van der Waals surface area (Å²) in [7, 11) is -2.56. The lowest BCUT2D eigenvalue weighted by atomic mass is 9.82. The fourth-order valence-electron chi connectivity index (χ4n) is 8.24. The van der Waals surface area contributed by atoms with E-state index in [4.69, 9.17) is 14.2 Å². The zero-order valence-electron chi connectivity index (χ0n) is 34.6. The van der Waals surface area contributed by atoms with Crippen molar-refractivity contribution in [2.75, 3.05) is 20.3 Å². The third kappa shape index (κ3) is 8.52. The molecule has 318 valence electrons. The average Bonchev–Trinajstić information content (AvgIpc) is 4.03. The Labute approximate surface area is 339 Å². The quantitative estimate of drug-likeness (QED) is 0.287. The molecule has 17 nitrogen and oxygen atoms in total. The molecule has 18 heteroatoms. The van der Waals surface area contributed by atoms with Crippen molar-refractivity contribution in [1.29, 1.82) is 0 Å². The highest BCUT2D eigenvalue weighted by atomic mass is 32.2. The number of sulfonamides is 1. The Morgan fingerprint density at radius 1 is 1.12 bits per heavy atom. The summed E-state index contributed by atoms with van der Waals surface area (Å²) in [5.74, 6) is -2.52. The van der Waals surface area contributed by atoms with Gasteiger partial charge in [0.15, 0.2) is 0 Å². The first-order valence-corrected chi connectivity index (χ1v) is 21.6. The molecule has 4 heterocycles. The Morgan fingerprint density at radius 2 is 1.83 bits per heavy atom. The van der Waals surface area contributed by atoms with E-state index in [0.717, 1.165) is 6.42 Å². The molecule has 2 saturated carbocycles. The Morgan fingerprint density at radius 3 is 2.45 bits per heavy atom. The number of carboxylic acid groups (broad SMARTS) is 1. The third-order valence-corrected chi connectivity index (χ3v) is 14.2. The summed E-state index contributed by atoms with van der Waals surface area (Å²) < 4.78 is 45.2. The number of fused-ring (bicyclic) bond motifs is 3. The number of allylic oxidation sites excluding steroid dienone is 1. The van der Waals surface area contributed by atoms with E-state index in [1.165, 1.54) is 23.1 Å². The number of ether oxygens (including phenoxy) is 3. The Balaban J connectivity index is 1.42. The van der Waals surface area contributed by atoms with Crippen LogP contribution < -0.4 is 24.2 Å². The van der Waals surface area contributed by atoms with Crippen LogP contribution in [0.1, 0.15) is 99.8 Å². The van der Waals surface area contributed by atoms with Crippen LogP contribution in [0.5, 0.6) is 17.6 Å². The molecule has 6 rings (SSSR count). The minimum Gasteiger partial charge on any atom is -0.481 e. The molecule has 4 aliphatic rings. The van der Waals surface area contributed by atoms with Crippen LogP contribution in [0.4, 0.5) is 4.79 Å². The number of aromatic nitrogens is 3. The Hall–Kier alpha value is -4.74. The standard InChI is InChI=1S/C40H57N7O10S/c1-9-24-17-23(3)13-11-12-14-25-20-40(25,36(50)45-58(53,54)39(7)15-16-39)44-32(48)29-18-26(22-46(29)35(49)31(24)47(37(51)52)38(4,5)6)57-34-33(56-10-2)42-27-19-30(55-8)41-21-28(27)43-34/h12,14,19,21,23-26,29,31H,9-11,13,15-18,20,22H2,1-8H3,(H,44,48)(H,45,50)(H,51,52)/t23-,24-,25-,26-,29+,31+,40-/m1/s1. The molecule has 0 bridgehead atoms. The number of carbonyl (C=O) groups excluding carboxylic acids is 3. The number of pyridine rings is 1. The fourth-order valence-corrected chi connectivity index (χ4v) is 9.55. The summed E-state index contributed by atoms with van der Waals surface area (Å²) >= 11 is 0. The first-order valence-electron chi connectivity index (χ1n) is 20.2. The van der Waals surface area contributed by atoms with E-state index in [1.54, 1.807) is 40.7 Å². The van der Waals surface area contributed by atoms with Crippen LogP contribution >= 0.6 is 0 Å². The third-order valence-electron chi connectivity index (χ3n) is 12.0. The molecule has 3 N–H and O–H groups in total. The van der Waals surface area contributed by atoms with Gasteiger partial charge in [0.05, 0.1) is 36.7 Å². The fraction of sp³-hybridized carbons (Fsp3) is 0.675. The van der Waals surface area contributed by atoms with Crippen molar-refractivity contribution < 1.29 is 46.9 Å². The normalized spacial score (nSPS) is 28.6. The highest BCUT2D eigenvalue weighted by Crippen LogP contribution is 2.48. The van der Waals surface area contributed by atoms with Crippen molar-refractivity contribution in [1.82, 2.24) is 34.8 Å². The van der Waals surface area contributed by atoms with E-state index in [2.05, 4.69) is 31.9 Å². The van der Waals surface area contributed by atoms with Gasteiger partial charge < -0.3 is 29.5 Å². The van der Waals surface area contributed by atoms with Crippen molar-refractivity contribution in [3.05, 3.63) is 24.4 Å². The molecule has 7 atom stereocenters. The Bertz CT molecular complexity index is 2070. The Kier molecular flexibility index (Phi) is 11.9. The van der Waals surface area contributed by atoms with Crippen LogP contribution in [0.15, 0.2) is 24.4 Å². The second-order valence-electron chi connectivity index (χ2n) is 17.4. The summed E-state index contributed by atoms with van der Waals surface area (Å²) in [6, 6.07) is -0.810. The van der Waals surface area contributed by atoms with Gasteiger partial charge in [0.1, 0.15) is 29.2 Å². The van der Waals surface area contributed by atoms with Gasteiger partial charge >= 0.3 is 6.09 Å². The maximum absolute atomic E-state index is 15.2. The topological polar surface area (TPSA) is 220 Å². The van der Waals surface area contributed by atoms with E-state index in [-0.39, 0.29) is 43.7 Å². The van der Waals surface area contributed by atoms with Gasteiger partial charge in [0.25, 0.3) is 17.7 Å². The molecule has 1 saturated heterocycles. The van der Waals surface area contributed by atoms with Crippen molar-refractivity contribution >= 4 is 44.9 Å². The number of rotatable bonds is 10. The molecule has 3 fully saturated rings. The minimum atomic E-state index is -4.04. The van der Waals surface area contributed by atoms with Crippen LogP contribution in [-0.4, -0.2) is 116 Å². The van der Waals surface area contributed by atoms with Crippen LogP contribution in [-0.2, 0) is 24.4 Å². The van der Waals surface area contributed by atoms with Gasteiger partial charge in [-0.15, -0.1) is 0 Å². The highest BCUT2D eigenvalue weighted by molar-refractivity contribution is 7.91. The molecular weight excluding hydrogens is 771 g/mol. The second kappa shape index (κ2) is 16.1. The molecule has 4 amide bonds. The molecule has 2 aliphatic heterocycles. The number of carbonyl (C=O) groups is 4. The predicted octanol–water partition coefficient (Wildman–Crippen LogP) is 4.20. The maximum atomic E-state index is 15.2. The molecule has 58 heavy (non-hydrogen) atoms. The number of hydrogen-bond donors (Lipinski definition) is 3. The van der Waals surface area contributed by atoms with Gasteiger partial charge in [0.2, 0.25) is 27.7 Å². The monoisotopic (exact) mass is 827 g/mol. The molecule has 2 aliphatic carbocycles. The van der Waals surface area contributed by atoms with Gasteiger partial charge in [-0.1, -0.05) is 32.4 Å². The summed E-state index contributed by atoms with van der Waals surface area (Å²) in [5.41, 5.74) is -1.78. The van der Waals surface area contributed by atoms with E-state index >= 15 is 4.79 Å². The van der Waals surface area contributed by atoms with E-state index < -0.39 is 79.7 Å². The van der Waals surface area contributed by atoms with E-state index in [9.17, 15) is 27.9 Å². The molecule has 2 aromatic rings. The second-order valence-corrected chi connectivity index (χ2v) is 19.6. The van der Waals surface area contributed by atoms with E-state index in [0.29, 0.717) is 49.0 Å². The van der Waals surface area contributed by atoms with Gasteiger partial charge in [-0.3, -0.25) is 24.0 Å². The van der Waals surface area contributed by atoms with Crippen LogP contribution in [0, 0.1) is 17.8 Å². The summed E-state index contributed by atoms with van der Waals surface area (Å²) in [6.45, 7) is 12.6. The van der Waals surface area contributed by atoms with Gasteiger partial charge in [-0.2, -0.15) is 0 Å². The number of nitrogens with zero attached hydrogens (tertiary/aromatic N) is 5. The smallest absolute Gasteiger partial charge is 0.408 e. The van der Waals surface area contributed by atoms with Crippen LogP contribution in [0.3, 0.4) is 0 Å². The van der Waals surface area contributed by atoms with Crippen molar-refractivity contribution in [3.63, 3.8) is 0 Å². The van der Waals surface area contributed by atoms with Crippen LogP contribution in [0.2, 0.25) is 0 Å². The summed E-state index contributed by atoms with van der Waals surface area (Å²) in [6.07, 6.45) is 6.43.